The summed E-state index contributed by atoms with van der Waals surface area (Å²) in [4.78, 5) is 25.9. The molecule has 2 heterocycles. The lowest BCUT2D eigenvalue weighted by atomic mass is 10.1. The molecule has 6 heteroatoms. The zero-order chi connectivity index (χ0) is 15.5. The van der Waals surface area contributed by atoms with Crippen molar-refractivity contribution in [2.75, 3.05) is 18.6 Å². The Balaban J connectivity index is 1.98. The fourth-order valence-electron chi connectivity index (χ4n) is 2.46. The Labute approximate surface area is 127 Å². The monoisotopic (exact) mass is 301 g/mol. The van der Waals surface area contributed by atoms with E-state index in [-0.39, 0.29) is 24.7 Å². The Bertz CT molecular complexity index is 680. The van der Waals surface area contributed by atoms with Crippen molar-refractivity contribution in [1.82, 2.24) is 0 Å². The molecule has 1 aromatic heterocycles. The largest absolute Gasteiger partial charge is 0.489 e. The smallest absolute Gasteiger partial charge is 0.307 e. The summed E-state index contributed by atoms with van der Waals surface area (Å²) in [5.74, 6) is 0.106. The predicted octanol–water partition coefficient (Wildman–Crippen LogP) is 2.25. The van der Waals surface area contributed by atoms with Gasteiger partial charge in [-0.2, -0.15) is 0 Å². The number of methoxy groups -OCH3 is 1. The number of furan rings is 1. The lowest BCUT2D eigenvalue weighted by Crippen LogP contribution is -2.48. The van der Waals surface area contributed by atoms with Crippen molar-refractivity contribution in [3.05, 3.63) is 48.4 Å². The molecule has 0 aliphatic carbocycles. The van der Waals surface area contributed by atoms with Crippen molar-refractivity contribution in [1.29, 1.82) is 0 Å². The maximum absolute atomic E-state index is 12.7. The van der Waals surface area contributed by atoms with Crippen LogP contribution in [0.1, 0.15) is 17.0 Å². The molecule has 0 spiro atoms. The molecule has 0 saturated carbocycles. The normalized spacial score (nSPS) is 16.6. The van der Waals surface area contributed by atoms with E-state index >= 15 is 0 Å². The second-order valence-corrected chi connectivity index (χ2v) is 4.87. The number of ether oxygens (including phenoxy) is 2. The van der Waals surface area contributed by atoms with E-state index in [1.165, 1.54) is 18.3 Å². The van der Waals surface area contributed by atoms with Crippen LogP contribution < -0.4 is 9.64 Å². The van der Waals surface area contributed by atoms with E-state index in [0.717, 1.165) is 0 Å². The standard InChI is InChI=1S/C16H15NO5/c1-20-15(18)9-11-10-22-13-6-3-2-5-12(13)17(11)16(19)14-7-4-8-21-14/h2-8,11H,9-10H2,1H3. The second-order valence-electron chi connectivity index (χ2n) is 4.87. The molecule has 22 heavy (non-hydrogen) atoms. The highest BCUT2D eigenvalue weighted by Gasteiger charge is 2.35. The van der Waals surface area contributed by atoms with E-state index in [9.17, 15) is 9.59 Å². The molecule has 1 unspecified atom stereocenters. The predicted molar refractivity (Wildman–Crippen MR) is 77.9 cm³/mol. The molecular formula is C16H15NO5. The Morgan fingerprint density at radius 3 is 2.82 bits per heavy atom. The van der Waals surface area contributed by atoms with Gasteiger partial charge in [0.05, 0.1) is 31.5 Å². The first-order valence-corrected chi connectivity index (χ1v) is 6.86. The summed E-state index contributed by atoms with van der Waals surface area (Å²) in [7, 11) is 1.32. The third kappa shape index (κ3) is 2.55. The number of amides is 1. The highest BCUT2D eigenvalue weighted by Crippen LogP contribution is 2.35. The van der Waals surface area contributed by atoms with Crippen molar-refractivity contribution < 1.29 is 23.5 Å². The molecular weight excluding hydrogens is 286 g/mol. The van der Waals surface area contributed by atoms with Gasteiger partial charge in [0.25, 0.3) is 5.91 Å². The number of carbonyl (C=O) groups is 2. The average Bonchev–Trinajstić information content (AvgIpc) is 3.08. The summed E-state index contributed by atoms with van der Waals surface area (Å²) in [6, 6.07) is 10.00. The Kier molecular flexibility index (Phi) is 3.82. The van der Waals surface area contributed by atoms with E-state index in [1.54, 1.807) is 24.3 Å². The molecule has 1 aliphatic heterocycles. The number of fused-ring (bicyclic) bond motifs is 1. The molecule has 1 aromatic carbocycles. The molecule has 114 valence electrons. The lowest BCUT2D eigenvalue weighted by molar-refractivity contribution is -0.141. The molecule has 0 N–H and O–H groups in total. The van der Waals surface area contributed by atoms with E-state index in [1.807, 2.05) is 12.1 Å². The number of benzene rings is 1. The van der Waals surface area contributed by atoms with Gasteiger partial charge in [-0.15, -0.1) is 0 Å². The van der Waals surface area contributed by atoms with E-state index in [0.29, 0.717) is 11.4 Å². The van der Waals surface area contributed by atoms with Crippen molar-refractivity contribution in [3.8, 4) is 5.75 Å². The number of anilines is 1. The Morgan fingerprint density at radius 2 is 2.09 bits per heavy atom. The van der Waals surface area contributed by atoms with Crippen LogP contribution in [0.15, 0.2) is 47.1 Å². The molecule has 1 atom stereocenters. The molecule has 6 nitrogen and oxygen atoms in total. The quantitative estimate of drug-likeness (QED) is 0.813. The first-order chi connectivity index (χ1) is 10.7. The van der Waals surface area contributed by atoms with Crippen molar-refractivity contribution >= 4 is 17.6 Å². The summed E-state index contributed by atoms with van der Waals surface area (Å²) >= 11 is 0. The van der Waals surface area contributed by atoms with Gasteiger partial charge < -0.3 is 13.9 Å². The lowest BCUT2D eigenvalue weighted by Gasteiger charge is -2.35. The first-order valence-electron chi connectivity index (χ1n) is 6.86. The van der Waals surface area contributed by atoms with E-state index in [2.05, 4.69) is 0 Å². The van der Waals surface area contributed by atoms with Gasteiger partial charge >= 0.3 is 5.97 Å². The number of esters is 1. The second kappa shape index (κ2) is 5.93. The maximum atomic E-state index is 12.7. The summed E-state index contributed by atoms with van der Waals surface area (Å²) in [6.45, 7) is 0.221. The number of para-hydroxylation sites is 2. The number of rotatable bonds is 3. The molecule has 2 aromatic rings. The minimum Gasteiger partial charge on any atom is -0.489 e. The van der Waals surface area contributed by atoms with Gasteiger partial charge in [0.2, 0.25) is 0 Å². The van der Waals surface area contributed by atoms with E-state index in [4.69, 9.17) is 13.9 Å². The minimum atomic E-state index is -0.444. The van der Waals surface area contributed by atoms with Crippen LogP contribution in [-0.4, -0.2) is 31.6 Å². The van der Waals surface area contributed by atoms with Gasteiger partial charge in [0.1, 0.15) is 12.4 Å². The highest BCUT2D eigenvalue weighted by atomic mass is 16.5. The molecule has 3 rings (SSSR count). The van der Waals surface area contributed by atoms with Crippen molar-refractivity contribution in [2.45, 2.75) is 12.5 Å². The molecule has 1 amide bonds. The molecule has 0 radical (unpaired) electrons. The van der Waals surface area contributed by atoms with Crippen LogP contribution >= 0.6 is 0 Å². The molecule has 0 bridgehead atoms. The van der Waals surface area contributed by atoms with Gasteiger partial charge in [-0.25, -0.2) is 0 Å². The third-order valence-electron chi connectivity index (χ3n) is 3.50. The first kappa shape index (κ1) is 14.2. The van der Waals surface area contributed by atoms with Gasteiger partial charge in [-0.1, -0.05) is 12.1 Å². The summed E-state index contributed by atoms with van der Waals surface area (Å²) in [5.41, 5.74) is 0.615. The van der Waals surface area contributed by atoms with Gasteiger partial charge in [0.15, 0.2) is 5.76 Å². The van der Waals surface area contributed by atoms with Crippen LogP contribution in [0, 0.1) is 0 Å². The zero-order valence-corrected chi connectivity index (χ0v) is 12.0. The van der Waals surface area contributed by atoms with Crippen LogP contribution in [0.4, 0.5) is 5.69 Å². The summed E-state index contributed by atoms with van der Waals surface area (Å²) in [5, 5.41) is 0. The highest BCUT2D eigenvalue weighted by molar-refractivity contribution is 6.06. The Morgan fingerprint density at radius 1 is 1.27 bits per heavy atom. The van der Waals surface area contributed by atoms with Crippen LogP contribution in [0.2, 0.25) is 0 Å². The van der Waals surface area contributed by atoms with Crippen LogP contribution in [0.25, 0.3) is 0 Å². The topological polar surface area (TPSA) is 69.0 Å². The number of nitrogens with zero attached hydrogens (tertiary/aromatic N) is 1. The van der Waals surface area contributed by atoms with Crippen LogP contribution in [0.5, 0.6) is 5.75 Å². The van der Waals surface area contributed by atoms with Gasteiger partial charge in [-0.3, -0.25) is 14.5 Å². The van der Waals surface area contributed by atoms with Crippen LogP contribution in [0.3, 0.4) is 0 Å². The van der Waals surface area contributed by atoms with Gasteiger partial charge in [-0.05, 0) is 24.3 Å². The fourth-order valence-corrected chi connectivity index (χ4v) is 2.46. The molecule has 0 fully saturated rings. The third-order valence-corrected chi connectivity index (χ3v) is 3.50. The van der Waals surface area contributed by atoms with Crippen LogP contribution in [-0.2, 0) is 9.53 Å². The minimum absolute atomic E-state index is 0.0529. The van der Waals surface area contributed by atoms with Crippen molar-refractivity contribution in [3.63, 3.8) is 0 Å². The fraction of sp³-hybridized carbons (Fsp3) is 0.250. The average molecular weight is 301 g/mol. The van der Waals surface area contributed by atoms with Crippen molar-refractivity contribution in [2.24, 2.45) is 0 Å². The maximum Gasteiger partial charge on any atom is 0.307 e. The number of hydrogen-bond acceptors (Lipinski definition) is 5. The molecule has 0 saturated heterocycles. The Hall–Kier alpha value is -2.76. The zero-order valence-electron chi connectivity index (χ0n) is 12.0. The summed E-state index contributed by atoms with van der Waals surface area (Å²) in [6.07, 6.45) is 1.49. The number of carbonyl (C=O) groups excluding carboxylic acids is 2. The van der Waals surface area contributed by atoms with E-state index < -0.39 is 12.0 Å². The summed E-state index contributed by atoms with van der Waals surface area (Å²) < 4.78 is 15.5. The number of hydrogen-bond donors (Lipinski definition) is 0. The SMILES string of the molecule is COC(=O)CC1COc2ccccc2N1C(=O)c1ccco1. The van der Waals surface area contributed by atoms with Gasteiger partial charge in [0, 0.05) is 0 Å². The molecule has 1 aliphatic rings.